The highest BCUT2D eigenvalue weighted by Crippen LogP contribution is 2.61. The molecule has 1 unspecified atom stereocenters. The Kier molecular flexibility index (Phi) is 3.14. The van der Waals surface area contributed by atoms with E-state index in [2.05, 4.69) is 20.8 Å². The zero-order valence-electron chi connectivity index (χ0n) is 14.3. The lowest BCUT2D eigenvalue weighted by Gasteiger charge is -2.59. The molecule has 0 spiro atoms. The summed E-state index contributed by atoms with van der Waals surface area (Å²) in [5.74, 6) is 0.435. The highest BCUT2D eigenvalue weighted by atomic mass is 16.8. The number of ether oxygens (including phenoxy) is 3. The monoisotopic (exact) mass is 308 g/mol. The van der Waals surface area contributed by atoms with E-state index in [1.807, 2.05) is 13.8 Å². The maximum absolute atomic E-state index is 10.2. The maximum atomic E-state index is 10.2. The molecule has 0 radical (unpaired) electrons. The highest BCUT2D eigenvalue weighted by Gasteiger charge is 2.63. The van der Waals surface area contributed by atoms with Gasteiger partial charge < -0.3 is 19.3 Å². The molecule has 1 N–H and O–H groups in total. The molecule has 124 valence electrons. The third-order valence-electron chi connectivity index (χ3n) is 6.59. The van der Waals surface area contributed by atoms with Gasteiger partial charge in [0, 0.05) is 17.8 Å². The molecular formula is C18H28O4. The number of aliphatic hydroxyl groups excluding tert-OH is 1. The van der Waals surface area contributed by atoms with Crippen LogP contribution in [0, 0.1) is 17.3 Å². The van der Waals surface area contributed by atoms with E-state index in [-0.39, 0.29) is 23.7 Å². The highest BCUT2D eigenvalue weighted by molar-refractivity contribution is 5.35. The molecule has 4 rings (SSSR count). The molecular weight excluding hydrogens is 280 g/mol. The average Bonchev–Trinajstić information content (AvgIpc) is 2.73. The zero-order valence-corrected chi connectivity index (χ0v) is 14.3. The molecule has 2 heterocycles. The van der Waals surface area contributed by atoms with E-state index in [9.17, 15) is 5.11 Å². The summed E-state index contributed by atoms with van der Waals surface area (Å²) in [5, 5.41) is 10.2. The van der Waals surface area contributed by atoms with Crippen LogP contribution in [0.1, 0.15) is 53.9 Å². The van der Waals surface area contributed by atoms with Crippen molar-refractivity contribution in [3.8, 4) is 0 Å². The molecule has 7 atom stereocenters. The number of aliphatic hydroxyl groups is 1. The SMILES string of the molecule is CC1=C2CC(O)O[C@H]3CC[C@@H](C)[C@H]([C@@H]4OC(C)(C)O[C@H]14)[C@@]23C. The summed E-state index contributed by atoms with van der Waals surface area (Å²) in [6.45, 7) is 10.8. The second-order valence-electron chi connectivity index (χ2n) is 8.33. The summed E-state index contributed by atoms with van der Waals surface area (Å²) >= 11 is 0. The smallest absolute Gasteiger partial charge is 0.164 e. The molecule has 0 aromatic rings. The van der Waals surface area contributed by atoms with Crippen molar-refractivity contribution >= 4 is 0 Å². The number of hydrogen-bond donors (Lipinski definition) is 1. The Bertz CT molecular complexity index is 525. The van der Waals surface area contributed by atoms with Crippen LogP contribution in [0.4, 0.5) is 0 Å². The zero-order chi connectivity index (χ0) is 15.9. The van der Waals surface area contributed by atoms with Crippen LogP contribution in [-0.4, -0.2) is 35.5 Å². The first-order valence-corrected chi connectivity index (χ1v) is 8.63. The Morgan fingerprint density at radius 2 is 1.86 bits per heavy atom. The van der Waals surface area contributed by atoms with Gasteiger partial charge in [0.1, 0.15) is 6.10 Å². The summed E-state index contributed by atoms with van der Waals surface area (Å²) in [7, 11) is 0. The van der Waals surface area contributed by atoms with E-state index in [1.54, 1.807) is 0 Å². The van der Waals surface area contributed by atoms with Crippen LogP contribution < -0.4 is 0 Å². The van der Waals surface area contributed by atoms with Gasteiger partial charge in [0.15, 0.2) is 12.1 Å². The van der Waals surface area contributed by atoms with E-state index in [4.69, 9.17) is 14.2 Å². The summed E-state index contributed by atoms with van der Waals surface area (Å²) in [5.41, 5.74) is 2.58. The van der Waals surface area contributed by atoms with E-state index in [0.717, 1.165) is 12.8 Å². The Hall–Kier alpha value is -0.420. The van der Waals surface area contributed by atoms with Gasteiger partial charge in [0.05, 0.1) is 12.2 Å². The summed E-state index contributed by atoms with van der Waals surface area (Å²) in [4.78, 5) is 0. The topological polar surface area (TPSA) is 47.9 Å². The van der Waals surface area contributed by atoms with Crippen molar-refractivity contribution in [3.05, 3.63) is 11.1 Å². The number of fused-ring (bicyclic) bond motifs is 2. The second-order valence-corrected chi connectivity index (χ2v) is 8.33. The first kappa shape index (κ1) is 15.1. The second kappa shape index (κ2) is 4.56. The normalized spacial score (nSPS) is 53.2. The van der Waals surface area contributed by atoms with E-state index >= 15 is 0 Å². The predicted molar refractivity (Wildman–Crippen MR) is 82.0 cm³/mol. The van der Waals surface area contributed by atoms with Gasteiger partial charge in [-0.1, -0.05) is 19.4 Å². The van der Waals surface area contributed by atoms with Crippen molar-refractivity contribution in [1.82, 2.24) is 0 Å². The van der Waals surface area contributed by atoms with Crippen LogP contribution in [0.2, 0.25) is 0 Å². The molecule has 0 bridgehead atoms. The number of hydrogen-bond acceptors (Lipinski definition) is 4. The number of rotatable bonds is 0. The molecule has 2 aliphatic heterocycles. The lowest BCUT2D eigenvalue weighted by Crippen LogP contribution is -2.61. The van der Waals surface area contributed by atoms with Crippen LogP contribution in [0.3, 0.4) is 0 Å². The van der Waals surface area contributed by atoms with Crippen molar-refractivity contribution in [2.45, 2.75) is 84.3 Å². The molecule has 22 heavy (non-hydrogen) atoms. The van der Waals surface area contributed by atoms with Gasteiger partial charge in [-0.05, 0) is 45.1 Å². The molecule has 4 nitrogen and oxygen atoms in total. The molecule has 2 saturated heterocycles. The summed E-state index contributed by atoms with van der Waals surface area (Å²) in [6.07, 6.45) is 2.28. The van der Waals surface area contributed by atoms with Gasteiger partial charge in [0.2, 0.25) is 0 Å². The third kappa shape index (κ3) is 1.84. The van der Waals surface area contributed by atoms with E-state index in [0.29, 0.717) is 18.3 Å². The van der Waals surface area contributed by atoms with Gasteiger partial charge >= 0.3 is 0 Å². The molecule has 4 aliphatic rings. The standard InChI is InChI=1S/C18H28O4/c1-9-6-7-12-18(5)11(8-13(19)20-12)10(2)15-16(14(9)18)22-17(3,4)21-15/h9,12-16,19H,6-8H2,1-5H3/t9-,12+,13?,14-,15-,16+,18+/m1/s1. The maximum Gasteiger partial charge on any atom is 0.164 e. The van der Waals surface area contributed by atoms with Gasteiger partial charge in [-0.15, -0.1) is 0 Å². The van der Waals surface area contributed by atoms with Crippen molar-refractivity contribution in [3.63, 3.8) is 0 Å². The van der Waals surface area contributed by atoms with Crippen molar-refractivity contribution in [2.24, 2.45) is 17.3 Å². The minimum atomic E-state index is -0.677. The molecule has 4 heteroatoms. The van der Waals surface area contributed by atoms with Crippen LogP contribution in [0.5, 0.6) is 0 Å². The van der Waals surface area contributed by atoms with Crippen molar-refractivity contribution in [1.29, 1.82) is 0 Å². The molecule has 1 saturated carbocycles. The van der Waals surface area contributed by atoms with Gasteiger partial charge in [-0.2, -0.15) is 0 Å². The predicted octanol–water partition coefficient (Wildman–Crippen LogP) is 3.00. The minimum Gasteiger partial charge on any atom is -0.368 e. The van der Waals surface area contributed by atoms with Gasteiger partial charge in [-0.3, -0.25) is 0 Å². The Balaban J connectivity index is 1.87. The van der Waals surface area contributed by atoms with Crippen LogP contribution in [0.15, 0.2) is 11.1 Å². The first-order chi connectivity index (χ1) is 10.2. The first-order valence-electron chi connectivity index (χ1n) is 8.63. The minimum absolute atomic E-state index is 0.0228. The quantitative estimate of drug-likeness (QED) is 0.699. The summed E-state index contributed by atoms with van der Waals surface area (Å²) in [6, 6.07) is 0. The fourth-order valence-electron chi connectivity index (χ4n) is 5.75. The fourth-order valence-corrected chi connectivity index (χ4v) is 5.75. The Morgan fingerprint density at radius 3 is 2.59 bits per heavy atom. The molecule has 0 aromatic heterocycles. The lowest BCUT2D eigenvalue weighted by atomic mass is 9.51. The van der Waals surface area contributed by atoms with Gasteiger partial charge in [0.25, 0.3) is 0 Å². The molecule has 0 amide bonds. The van der Waals surface area contributed by atoms with Crippen LogP contribution >= 0.6 is 0 Å². The molecule has 3 fully saturated rings. The van der Waals surface area contributed by atoms with Gasteiger partial charge in [-0.25, -0.2) is 0 Å². The molecule has 2 aliphatic carbocycles. The Morgan fingerprint density at radius 1 is 1.14 bits per heavy atom. The molecule has 0 aromatic carbocycles. The van der Waals surface area contributed by atoms with Crippen molar-refractivity contribution in [2.75, 3.05) is 0 Å². The third-order valence-corrected chi connectivity index (χ3v) is 6.59. The lowest BCUT2D eigenvalue weighted by molar-refractivity contribution is -0.231. The van der Waals surface area contributed by atoms with Crippen LogP contribution in [-0.2, 0) is 14.2 Å². The van der Waals surface area contributed by atoms with Crippen molar-refractivity contribution < 1.29 is 19.3 Å². The average molecular weight is 308 g/mol. The van der Waals surface area contributed by atoms with E-state index < -0.39 is 12.1 Å². The summed E-state index contributed by atoms with van der Waals surface area (Å²) < 4.78 is 18.5. The largest absolute Gasteiger partial charge is 0.368 e. The van der Waals surface area contributed by atoms with E-state index in [1.165, 1.54) is 11.1 Å². The van der Waals surface area contributed by atoms with Crippen LogP contribution in [0.25, 0.3) is 0 Å². The Labute approximate surface area is 132 Å². The fraction of sp³-hybridized carbons (Fsp3) is 0.889.